The zero-order chi connectivity index (χ0) is 31.3. The summed E-state index contributed by atoms with van der Waals surface area (Å²) in [6.45, 7) is 7.56. The lowest BCUT2D eigenvalue weighted by Crippen LogP contribution is -2.31. The number of carbonyl (C=O) groups is 1. The molecule has 44 heavy (non-hydrogen) atoms. The van der Waals surface area contributed by atoms with E-state index in [0.29, 0.717) is 48.6 Å². The number of pyridine rings is 1. The first-order valence-electron chi connectivity index (χ1n) is 14.9. The van der Waals surface area contributed by atoms with Crippen LogP contribution in [0.4, 0.5) is 34.5 Å². The largest absolute Gasteiger partial charge is 0.494 e. The van der Waals surface area contributed by atoms with E-state index in [4.69, 9.17) is 19.4 Å². The van der Waals surface area contributed by atoms with Crippen molar-refractivity contribution in [3.63, 3.8) is 0 Å². The molecule has 1 aromatic carbocycles. The Hall–Kier alpha value is -4.52. The van der Waals surface area contributed by atoms with E-state index in [1.165, 1.54) is 19.4 Å². The van der Waals surface area contributed by atoms with E-state index in [2.05, 4.69) is 15.2 Å². The molecule has 4 heterocycles. The number of methoxy groups -OCH3 is 1. The summed E-state index contributed by atoms with van der Waals surface area (Å²) in [7, 11) is 5.55. The number of carbonyl (C=O) groups excluding carboxylic acids is 1. The standard InChI is InChI=1S/C31H38N8O5/c1-18(2)44-29(40)21-15-32-30(35-28(21)38-17-31(10-11-31)27-23(38)8-7-19(3)33-27)34-22-13-25(39(41)42)24(14-26(22)43-6)37-12-9-20(16-37)36(4)5/h7-8,13-15,18,20H,9-12,16-17H2,1-6H3,(H,32,34,35)/t20-/m1/s1. The number of aromatic nitrogens is 3. The number of aryl methyl sites for hydroxylation is 1. The van der Waals surface area contributed by atoms with Gasteiger partial charge in [-0.05, 0) is 66.3 Å². The maximum absolute atomic E-state index is 13.2. The van der Waals surface area contributed by atoms with Crippen molar-refractivity contribution >= 4 is 40.5 Å². The van der Waals surface area contributed by atoms with Gasteiger partial charge in [0.25, 0.3) is 5.69 Å². The third-order valence-electron chi connectivity index (χ3n) is 8.68. The quantitative estimate of drug-likeness (QED) is 0.206. The smallest absolute Gasteiger partial charge is 0.343 e. The molecule has 13 nitrogen and oxygen atoms in total. The lowest BCUT2D eigenvalue weighted by atomic mass is 10.0. The second-order valence-electron chi connectivity index (χ2n) is 12.3. The van der Waals surface area contributed by atoms with E-state index >= 15 is 0 Å². The predicted octanol–water partition coefficient (Wildman–Crippen LogP) is 4.73. The number of likely N-dealkylation sites (N-methyl/N-ethyl adjacent to an activating group) is 1. The number of nitro benzene ring substituents is 1. The molecule has 1 aliphatic carbocycles. The Kier molecular flexibility index (Phi) is 7.52. The van der Waals surface area contributed by atoms with Gasteiger partial charge in [-0.3, -0.25) is 15.1 Å². The van der Waals surface area contributed by atoms with Crippen LogP contribution in [0.2, 0.25) is 0 Å². The molecule has 2 aliphatic heterocycles. The van der Waals surface area contributed by atoms with Gasteiger partial charge in [-0.25, -0.2) is 9.78 Å². The normalized spacial score (nSPS) is 18.2. The number of nitrogens with one attached hydrogen (secondary N) is 1. The van der Waals surface area contributed by atoms with Crippen LogP contribution in [0.5, 0.6) is 5.75 Å². The van der Waals surface area contributed by atoms with Crippen molar-refractivity contribution in [3.05, 3.63) is 57.5 Å². The number of esters is 1. The Morgan fingerprint density at radius 2 is 1.98 bits per heavy atom. The third-order valence-corrected chi connectivity index (χ3v) is 8.68. The van der Waals surface area contributed by atoms with E-state index < -0.39 is 5.97 Å². The highest BCUT2D eigenvalue weighted by Gasteiger charge is 2.54. The van der Waals surface area contributed by atoms with Crippen LogP contribution in [0.1, 0.15) is 54.9 Å². The van der Waals surface area contributed by atoms with Gasteiger partial charge in [0.1, 0.15) is 17.0 Å². The molecule has 0 radical (unpaired) electrons. The van der Waals surface area contributed by atoms with Gasteiger partial charge >= 0.3 is 5.97 Å². The van der Waals surface area contributed by atoms with Gasteiger partial charge in [0.2, 0.25) is 5.95 Å². The summed E-state index contributed by atoms with van der Waals surface area (Å²) < 4.78 is 11.2. The summed E-state index contributed by atoms with van der Waals surface area (Å²) in [4.78, 5) is 45.3. The summed E-state index contributed by atoms with van der Waals surface area (Å²) in [5.74, 6) is 0.434. The molecule has 0 unspecified atom stereocenters. The molecular formula is C31H38N8O5. The minimum Gasteiger partial charge on any atom is -0.494 e. The summed E-state index contributed by atoms with van der Waals surface area (Å²) >= 11 is 0. The van der Waals surface area contributed by atoms with Crippen molar-refractivity contribution in [1.29, 1.82) is 0 Å². The lowest BCUT2D eigenvalue weighted by molar-refractivity contribution is -0.384. The molecule has 0 bridgehead atoms. The fraction of sp³-hybridized carbons (Fsp3) is 0.484. The van der Waals surface area contributed by atoms with Crippen LogP contribution in [0.3, 0.4) is 0 Å². The number of nitro groups is 1. The van der Waals surface area contributed by atoms with Gasteiger partial charge in [0.15, 0.2) is 5.82 Å². The number of fused-ring (bicyclic) bond motifs is 2. The van der Waals surface area contributed by atoms with E-state index in [-0.39, 0.29) is 33.6 Å². The topological polar surface area (TPSA) is 139 Å². The predicted molar refractivity (Wildman–Crippen MR) is 167 cm³/mol. The maximum Gasteiger partial charge on any atom is 0.343 e. The van der Waals surface area contributed by atoms with Gasteiger partial charge in [-0.15, -0.1) is 0 Å². The number of hydrogen-bond donors (Lipinski definition) is 1. The van der Waals surface area contributed by atoms with Crippen molar-refractivity contribution in [2.75, 3.05) is 56.0 Å². The van der Waals surface area contributed by atoms with E-state index in [0.717, 1.165) is 36.3 Å². The monoisotopic (exact) mass is 602 g/mol. The van der Waals surface area contributed by atoms with Crippen LogP contribution in [0.15, 0.2) is 30.5 Å². The van der Waals surface area contributed by atoms with Gasteiger partial charge in [0.05, 0.1) is 35.2 Å². The second-order valence-corrected chi connectivity index (χ2v) is 12.3. The van der Waals surface area contributed by atoms with Crippen LogP contribution in [0.25, 0.3) is 0 Å². The molecule has 2 fully saturated rings. The molecule has 1 atom stereocenters. The number of ether oxygens (including phenoxy) is 2. The van der Waals surface area contributed by atoms with Gasteiger partial charge in [-0.2, -0.15) is 4.98 Å². The average Bonchev–Trinajstić information content (AvgIpc) is 3.46. The van der Waals surface area contributed by atoms with Crippen LogP contribution in [0, 0.1) is 17.0 Å². The van der Waals surface area contributed by atoms with Gasteiger partial charge < -0.3 is 29.5 Å². The van der Waals surface area contributed by atoms with Crippen LogP contribution >= 0.6 is 0 Å². The highest BCUT2D eigenvalue weighted by molar-refractivity contribution is 5.96. The van der Waals surface area contributed by atoms with E-state index in [9.17, 15) is 14.9 Å². The number of benzene rings is 1. The molecule has 232 valence electrons. The molecule has 0 amide bonds. The lowest BCUT2D eigenvalue weighted by Gasteiger charge is -2.23. The van der Waals surface area contributed by atoms with E-state index in [1.54, 1.807) is 19.9 Å². The summed E-state index contributed by atoms with van der Waals surface area (Å²) in [5, 5.41) is 15.4. The molecule has 1 spiro atoms. The first kappa shape index (κ1) is 29.5. The van der Waals surface area contributed by atoms with Crippen molar-refractivity contribution in [1.82, 2.24) is 19.9 Å². The number of anilines is 5. The Morgan fingerprint density at radius 3 is 2.61 bits per heavy atom. The fourth-order valence-corrected chi connectivity index (χ4v) is 6.14. The second kappa shape index (κ2) is 11.2. The third kappa shape index (κ3) is 5.36. The van der Waals surface area contributed by atoms with Crippen molar-refractivity contribution in [2.45, 2.75) is 57.6 Å². The molecule has 1 N–H and O–H groups in total. The highest BCUT2D eigenvalue weighted by atomic mass is 16.6. The minimum absolute atomic E-state index is 0.0457. The first-order chi connectivity index (χ1) is 21.0. The van der Waals surface area contributed by atoms with Crippen molar-refractivity contribution in [2.24, 2.45) is 0 Å². The molecular weight excluding hydrogens is 564 g/mol. The first-order valence-corrected chi connectivity index (χ1v) is 14.9. The van der Waals surface area contributed by atoms with Crippen LogP contribution in [-0.2, 0) is 10.2 Å². The SMILES string of the molecule is COc1cc(N2CC[C@@H](N(C)C)C2)c([N+](=O)[O-])cc1Nc1ncc(C(=O)OC(C)C)c(N2CC3(CC3)c3nc(C)ccc32)n1. The van der Waals surface area contributed by atoms with Crippen LogP contribution in [-0.4, -0.2) is 83.7 Å². The Labute approximate surface area is 256 Å². The maximum atomic E-state index is 13.2. The molecule has 2 aromatic heterocycles. The summed E-state index contributed by atoms with van der Waals surface area (Å²) in [6.07, 6.45) is 4.04. The highest BCUT2D eigenvalue weighted by Crippen LogP contribution is 2.57. The average molecular weight is 603 g/mol. The Balaban J connectivity index is 1.39. The zero-order valence-electron chi connectivity index (χ0n) is 26.0. The Bertz CT molecular complexity index is 1620. The molecule has 1 saturated heterocycles. The van der Waals surface area contributed by atoms with Gasteiger partial charge in [0, 0.05) is 55.1 Å². The molecule has 13 heteroatoms. The molecule has 3 aromatic rings. The van der Waals surface area contributed by atoms with Gasteiger partial charge in [-0.1, -0.05) is 0 Å². The summed E-state index contributed by atoms with van der Waals surface area (Å²) in [6, 6.07) is 7.41. The number of hydrogen-bond acceptors (Lipinski definition) is 12. The minimum atomic E-state index is -0.529. The Morgan fingerprint density at radius 1 is 1.20 bits per heavy atom. The number of rotatable bonds is 9. The molecule has 6 rings (SSSR count). The fourth-order valence-electron chi connectivity index (χ4n) is 6.14. The summed E-state index contributed by atoms with van der Waals surface area (Å²) in [5.41, 5.74) is 3.80. The van der Waals surface area contributed by atoms with Crippen LogP contribution < -0.4 is 19.9 Å². The van der Waals surface area contributed by atoms with E-state index in [1.807, 2.05) is 43.0 Å². The molecule has 1 saturated carbocycles. The number of nitrogens with zero attached hydrogens (tertiary/aromatic N) is 7. The van der Waals surface area contributed by atoms with Crippen molar-refractivity contribution < 1.29 is 19.2 Å². The van der Waals surface area contributed by atoms with Crippen molar-refractivity contribution in [3.8, 4) is 5.75 Å². The zero-order valence-corrected chi connectivity index (χ0v) is 26.0. The molecule has 3 aliphatic rings.